The van der Waals surface area contributed by atoms with Crippen molar-refractivity contribution in [3.05, 3.63) is 57.0 Å². The second kappa shape index (κ2) is 10.5. The minimum atomic E-state index is -0.580. The number of hydrogen-bond donors (Lipinski definition) is 1. The summed E-state index contributed by atoms with van der Waals surface area (Å²) in [6, 6.07) is 11.8. The summed E-state index contributed by atoms with van der Waals surface area (Å²) < 4.78 is 16.0. The number of nitriles is 1. The minimum Gasteiger partial charge on any atom is -0.493 e. The molecule has 0 aromatic heterocycles. The monoisotopic (exact) mass is 478 g/mol. The highest BCUT2D eigenvalue weighted by molar-refractivity contribution is 9.10. The molecule has 29 heavy (non-hydrogen) atoms. The number of rotatable bonds is 7. The Balaban J connectivity index is 2.26. The highest BCUT2D eigenvalue weighted by atomic mass is 79.9. The minimum absolute atomic E-state index is 0.130. The van der Waals surface area contributed by atoms with E-state index in [1.165, 1.54) is 32.4 Å². The predicted molar refractivity (Wildman–Crippen MR) is 112 cm³/mol. The lowest BCUT2D eigenvalue weighted by Crippen LogP contribution is -2.13. The van der Waals surface area contributed by atoms with Crippen LogP contribution >= 0.6 is 27.5 Å². The van der Waals surface area contributed by atoms with Crippen molar-refractivity contribution in [2.24, 2.45) is 0 Å². The van der Waals surface area contributed by atoms with Crippen molar-refractivity contribution in [2.75, 3.05) is 26.1 Å². The molecule has 2 aromatic rings. The number of nitrogens with one attached hydrogen (secondary N) is 1. The van der Waals surface area contributed by atoms with Crippen molar-refractivity contribution >= 4 is 51.2 Å². The summed E-state index contributed by atoms with van der Waals surface area (Å²) >= 11 is 9.53. The van der Waals surface area contributed by atoms with Crippen molar-refractivity contribution in [1.29, 1.82) is 5.26 Å². The van der Waals surface area contributed by atoms with Gasteiger partial charge in [-0.1, -0.05) is 27.5 Å². The van der Waals surface area contributed by atoms with Gasteiger partial charge >= 0.3 is 5.97 Å². The molecule has 0 heterocycles. The van der Waals surface area contributed by atoms with E-state index in [1.807, 2.05) is 6.07 Å². The SMILES string of the molecule is COC(=O)COc1c(Cl)cc(/C=C(/C#N)C(=O)Nc2ccc(Br)cc2)cc1OC. The standard InChI is InChI=1S/C20H16BrClN2O5/c1-27-17-9-12(8-16(22)19(17)29-11-18(25)28-2)7-13(10-23)20(26)24-15-5-3-14(21)4-6-15/h3-9H,11H2,1-2H3,(H,24,26)/b13-7-. The van der Waals surface area contributed by atoms with Crippen LogP contribution in [0.15, 0.2) is 46.4 Å². The maximum absolute atomic E-state index is 12.4. The molecule has 1 N–H and O–H groups in total. The number of amides is 1. The number of carbonyl (C=O) groups excluding carboxylic acids is 2. The van der Waals surface area contributed by atoms with Gasteiger partial charge in [-0.2, -0.15) is 5.26 Å². The summed E-state index contributed by atoms with van der Waals surface area (Å²) in [6.07, 6.45) is 1.37. The summed E-state index contributed by atoms with van der Waals surface area (Å²) in [5, 5.41) is 12.2. The Morgan fingerprint density at radius 2 is 1.93 bits per heavy atom. The molecular weight excluding hydrogens is 464 g/mol. The molecule has 2 aromatic carbocycles. The number of ether oxygens (including phenoxy) is 3. The Labute approximate surface area is 180 Å². The van der Waals surface area contributed by atoms with Crippen LogP contribution in [-0.4, -0.2) is 32.7 Å². The highest BCUT2D eigenvalue weighted by Gasteiger charge is 2.15. The average Bonchev–Trinajstić information content (AvgIpc) is 2.72. The van der Waals surface area contributed by atoms with Gasteiger partial charge in [-0.05, 0) is 48.0 Å². The number of benzene rings is 2. The van der Waals surface area contributed by atoms with E-state index in [1.54, 1.807) is 24.3 Å². The van der Waals surface area contributed by atoms with E-state index in [-0.39, 0.29) is 28.7 Å². The van der Waals surface area contributed by atoms with Gasteiger partial charge in [0.15, 0.2) is 18.1 Å². The lowest BCUT2D eigenvalue weighted by molar-refractivity contribution is -0.142. The molecule has 0 saturated carbocycles. The number of anilines is 1. The fourth-order valence-corrected chi connectivity index (χ4v) is 2.74. The first-order valence-electron chi connectivity index (χ1n) is 8.13. The molecule has 0 bridgehead atoms. The molecule has 150 valence electrons. The van der Waals surface area contributed by atoms with Crippen molar-refractivity contribution in [1.82, 2.24) is 0 Å². The van der Waals surface area contributed by atoms with Crippen LogP contribution in [0.5, 0.6) is 11.5 Å². The topological polar surface area (TPSA) is 97.7 Å². The molecule has 0 aliphatic heterocycles. The third kappa shape index (κ3) is 6.24. The van der Waals surface area contributed by atoms with Gasteiger partial charge in [0.1, 0.15) is 11.6 Å². The van der Waals surface area contributed by atoms with Gasteiger partial charge in [0, 0.05) is 10.2 Å². The van der Waals surface area contributed by atoms with E-state index in [9.17, 15) is 14.9 Å². The van der Waals surface area contributed by atoms with Crippen LogP contribution in [0.3, 0.4) is 0 Å². The molecular formula is C20H16BrClN2O5. The summed E-state index contributed by atoms with van der Waals surface area (Å²) in [6.45, 7) is -0.346. The van der Waals surface area contributed by atoms with Gasteiger partial charge < -0.3 is 19.5 Å². The third-order valence-electron chi connectivity index (χ3n) is 3.59. The van der Waals surface area contributed by atoms with E-state index < -0.39 is 11.9 Å². The van der Waals surface area contributed by atoms with Crippen LogP contribution in [0.25, 0.3) is 6.08 Å². The summed E-state index contributed by atoms with van der Waals surface area (Å²) in [7, 11) is 2.64. The van der Waals surface area contributed by atoms with Gasteiger partial charge in [0.2, 0.25) is 0 Å². The number of hydrogen-bond acceptors (Lipinski definition) is 6. The second-order valence-electron chi connectivity index (χ2n) is 5.53. The molecule has 0 unspecified atom stereocenters. The molecule has 2 rings (SSSR count). The Morgan fingerprint density at radius 3 is 2.52 bits per heavy atom. The van der Waals surface area contributed by atoms with Crippen LogP contribution in [0.4, 0.5) is 5.69 Å². The first-order chi connectivity index (χ1) is 13.9. The van der Waals surface area contributed by atoms with E-state index in [2.05, 4.69) is 26.0 Å². The largest absolute Gasteiger partial charge is 0.493 e. The van der Waals surface area contributed by atoms with Crippen LogP contribution in [0, 0.1) is 11.3 Å². The Morgan fingerprint density at radius 1 is 1.24 bits per heavy atom. The normalized spacial score (nSPS) is 10.7. The third-order valence-corrected chi connectivity index (χ3v) is 4.40. The molecule has 0 spiro atoms. The highest BCUT2D eigenvalue weighted by Crippen LogP contribution is 2.37. The van der Waals surface area contributed by atoms with Gasteiger partial charge in [0.25, 0.3) is 5.91 Å². The van der Waals surface area contributed by atoms with Gasteiger partial charge in [-0.15, -0.1) is 0 Å². The van der Waals surface area contributed by atoms with Gasteiger partial charge in [0.05, 0.1) is 19.2 Å². The van der Waals surface area contributed by atoms with Gasteiger partial charge in [-0.25, -0.2) is 4.79 Å². The number of halogens is 2. The van der Waals surface area contributed by atoms with Crippen LogP contribution in [-0.2, 0) is 14.3 Å². The summed E-state index contributed by atoms with van der Waals surface area (Å²) in [5.41, 5.74) is 0.857. The Hall–Kier alpha value is -3.02. The fraction of sp³-hybridized carbons (Fsp3) is 0.150. The second-order valence-corrected chi connectivity index (χ2v) is 6.85. The summed E-state index contributed by atoms with van der Waals surface area (Å²) in [4.78, 5) is 23.7. The average molecular weight is 480 g/mol. The number of carbonyl (C=O) groups is 2. The fourth-order valence-electron chi connectivity index (χ4n) is 2.20. The smallest absolute Gasteiger partial charge is 0.343 e. The molecule has 0 saturated heterocycles. The molecule has 0 aliphatic rings. The molecule has 9 heteroatoms. The lowest BCUT2D eigenvalue weighted by atomic mass is 10.1. The predicted octanol–water partition coefficient (Wildman–Crippen LogP) is 4.21. The number of methoxy groups -OCH3 is 2. The molecule has 0 radical (unpaired) electrons. The maximum atomic E-state index is 12.4. The number of nitrogens with zero attached hydrogens (tertiary/aromatic N) is 1. The number of esters is 1. The van der Waals surface area contributed by atoms with Crippen LogP contribution in [0.1, 0.15) is 5.56 Å². The first kappa shape index (κ1) is 22.3. The van der Waals surface area contributed by atoms with E-state index in [0.29, 0.717) is 11.3 Å². The molecule has 0 atom stereocenters. The molecule has 0 fully saturated rings. The van der Waals surface area contributed by atoms with E-state index >= 15 is 0 Å². The van der Waals surface area contributed by atoms with Crippen LogP contribution in [0.2, 0.25) is 5.02 Å². The molecule has 7 nitrogen and oxygen atoms in total. The lowest BCUT2D eigenvalue weighted by Gasteiger charge is -2.12. The Bertz CT molecular complexity index is 984. The van der Waals surface area contributed by atoms with Gasteiger partial charge in [-0.3, -0.25) is 4.79 Å². The van der Waals surface area contributed by atoms with Crippen molar-refractivity contribution < 1.29 is 23.8 Å². The van der Waals surface area contributed by atoms with Crippen LogP contribution < -0.4 is 14.8 Å². The van der Waals surface area contributed by atoms with E-state index in [0.717, 1.165) is 4.47 Å². The van der Waals surface area contributed by atoms with Crippen molar-refractivity contribution in [3.8, 4) is 17.6 Å². The maximum Gasteiger partial charge on any atom is 0.343 e. The molecule has 1 amide bonds. The zero-order chi connectivity index (χ0) is 21.4. The van der Waals surface area contributed by atoms with Crippen molar-refractivity contribution in [2.45, 2.75) is 0 Å². The zero-order valence-electron chi connectivity index (χ0n) is 15.5. The van der Waals surface area contributed by atoms with Crippen molar-refractivity contribution in [3.63, 3.8) is 0 Å². The zero-order valence-corrected chi connectivity index (χ0v) is 17.8. The summed E-state index contributed by atoms with van der Waals surface area (Å²) in [5.74, 6) is -0.771. The first-order valence-corrected chi connectivity index (χ1v) is 9.31. The quantitative estimate of drug-likeness (QED) is 0.363. The Kier molecular flexibility index (Phi) is 8.07. The molecule has 0 aliphatic carbocycles. The van der Waals surface area contributed by atoms with E-state index in [4.69, 9.17) is 21.1 Å².